The van der Waals surface area contributed by atoms with E-state index in [4.69, 9.17) is 6.42 Å². The zero-order valence-electron chi connectivity index (χ0n) is 6.78. The number of nitrogens with zero attached hydrogens (tertiary/aromatic N) is 1. The lowest BCUT2D eigenvalue weighted by Crippen LogP contribution is -1.99. The molecule has 3 heteroatoms. The van der Waals surface area contributed by atoms with Gasteiger partial charge in [0.25, 0.3) is 0 Å². The van der Waals surface area contributed by atoms with Gasteiger partial charge in [-0.25, -0.2) is 4.79 Å². The number of aromatic nitrogens is 1. The predicted molar refractivity (Wildman–Crippen MR) is 44.6 cm³/mol. The van der Waals surface area contributed by atoms with Gasteiger partial charge in [-0.15, -0.1) is 6.42 Å². The molecule has 0 N–H and O–H groups in total. The minimum absolute atomic E-state index is 0.342. The highest BCUT2D eigenvalue weighted by atomic mass is 16.5. The summed E-state index contributed by atoms with van der Waals surface area (Å²) >= 11 is 0. The van der Waals surface area contributed by atoms with Crippen molar-refractivity contribution in [3.8, 4) is 12.3 Å². The Morgan fingerprint density at radius 3 is 3.17 bits per heavy atom. The average Bonchev–Trinajstić information content (AvgIpc) is 2.52. The van der Waals surface area contributed by atoms with Crippen molar-refractivity contribution >= 4 is 5.97 Å². The van der Waals surface area contributed by atoms with E-state index in [0.29, 0.717) is 12.1 Å². The SMILES string of the molecule is C#CCn1ccc(C(=O)OC)c1. The van der Waals surface area contributed by atoms with E-state index in [2.05, 4.69) is 10.7 Å². The maximum Gasteiger partial charge on any atom is 0.339 e. The van der Waals surface area contributed by atoms with Crippen molar-refractivity contribution < 1.29 is 9.53 Å². The first-order valence-electron chi connectivity index (χ1n) is 3.45. The first-order valence-corrected chi connectivity index (χ1v) is 3.45. The number of carbonyl (C=O) groups excluding carboxylic acids is 1. The number of ether oxygens (including phenoxy) is 1. The molecule has 1 rings (SSSR count). The Morgan fingerprint density at radius 1 is 1.83 bits per heavy atom. The van der Waals surface area contributed by atoms with Crippen LogP contribution >= 0.6 is 0 Å². The number of esters is 1. The summed E-state index contributed by atoms with van der Waals surface area (Å²) in [5, 5.41) is 0. The van der Waals surface area contributed by atoms with Gasteiger partial charge in [0.05, 0.1) is 19.2 Å². The number of carbonyl (C=O) groups is 1. The van der Waals surface area contributed by atoms with Crippen LogP contribution in [0.2, 0.25) is 0 Å². The maximum absolute atomic E-state index is 10.9. The molecule has 0 spiro atoms. The van der Waals surface area contributed by atoms with E-state index in [0.717, 1.165) is 0 Å². The largest absolute Gasteiger partial charge is 0.465 e. The van der Waals surface area contributed by atoms with Gasteiger partial charge in [-0.05, 0) is 6.07 Å². The van der Waals surface area contributed by atoms with Crippen LogP contribution in [0.5, 0.6) is 0 Å². The topological polar surface area (TPSA) is 31.2 Å². The van der Waals surface area contributed by atoms with E-state index >= 15 is 0 Å². The zero-order chi connectivity index (χ0) is 8.97. The second-order valence-corrected chi connectivity index (χ2v) is 2.27. The number of terminal acetylenes is 1. The fourth-order valence-electron chi connectivity index (χ4n) is 0.883. The Hall–Kier alpha value is -1.69. The first kappa shape index (κ1) is 8.41. The van der Waals surface area contributed by atoms with E-state index in [-0.39, 0.29) is 5.97 Å². The van der Waals surface area contributed by atoms with Crippen LogP contribution in [0.1, 0.15) is 10.4 Å². The van der Waals surface area contributed by atoms with Crippen molar-refractivity contribution in [2.24, 2.45) is 0 Å². The first-order chi connectivity index (χ1) is 5.77. The highest BCUT2D eigenvalue weighted by Crippen LogP contribution is 2.02. The molecule has 1 aromatic rings. The van der Waals surface area contributed by atoms with Gasteiger partial charge in [0.1, 0.15) is 0 Å². The number of rotatable bonds is 2. The van der Waals surface area contributed by atoms with Gasteiger partial charge in [-0.2, -0.15) is 0 Å². The number of hydrogen-bond acceptors (Lipinski definition) is 2. The molecule has 0 radical (unpaired) electrons. The molecule has 1 heterocycles. The standard InChI is InChI=1S/C9H9NO2/c1-3-5-10-6-4-8(7-10)9(11)12-2/h1,4,6-7H,5H2,2H3. The van der Waals surface area contributed by atoms with Gasteiger partial charge in [-0.1, -0.05) is 5.92 Å². The fraction of sp³-hybridized carbons (Fsp3) is 0.222. The van der Waals surface area contributed by atoms with Crippen LogP contribution in [0.3, 0.4) is 0 Å². The molecule has 62 valence electrons. The average molecular weight is 163 g/mol. The molecule has 0 bridgehead atoms. The predicted octanol–water partition coefficient (Wildman–Crippen LogP) is 0.908. The third-order valence-electron chi connectivity index (χ3n) is 1.45. The van der Waals surface area contributed by atoms with Gasteiger partial charge in [0.2, 0.25) is 0 Å². The van der Waals surface area contributed by atoms with E-state index in [1.165, 1.54) is 7.11 Å². The summed E-state index contributed by atoms with van der Waals surface area (Å²) < 4.78 is 6.27. The number of hydrogen-bond donors (Lipinski definition) is 0. The van der Waals surface area contributed by atoms with E-state index < -0.39 is 0 Å². The van der Waals surface area contributed by atoms with Crippen molar-refractivity contribution in [3.63, 3.8) is 0 Å². The second kappa shape index (κ2) is 3.63. The Morgan fingerprint density at radius 2 is 2.58 bits per heavy atom. The Bertz CT molecular complexity index is 320. The number of methoxy groups -OCH3 is 1. The molecule has 0 atom stereocenters. The van der Waals surface area contributed by atoms with Crippen LogP contribution in [0.25, 0.3) is 0 Å². The van der Waals surface area contributed by atoms with E-state index in [1.54, 1.807) is 23.0 Å². The minimum Gasteiger partial charge on any atom is -0.465 e. The van der Waals surface area contributed by atoms with E-state index in [9.17, 15) is 4.79 Å². The lowest BCUT2D eigenvalue weighted by atomic mass is 10.3. The lowest BCUT2D eigenvalue weighted by Gasteiger charge is -1.94. The maximum atomic E-state index is 10.9. The second-order valence-electron chi connectivity index (χ2n) is 2.27. The van der Waals surface area contributed by atoms with Gasteiger partial charge in [-0.3, -0.25) is 0 Å². The Kier molecular flexibility index (Phi) is 2.54. The minimum atomic E-state index is -0.342. The monoisotopic (exact) mass is 163 g/mol. The molecule has 0 saturated carbocycles. The summed E-state index contributed by atoms with van der Waals surface area (Å²) in [4.78, 5) is 10.9. The third kappa shape index (κ3) is 1.67. The van der Waals surface area contributed by atoms with Crippen molar-refractivity contribution in [1.82, 2.24) is 4.57 Å². The van der Waals surface area contributed by atoms with Gasteiger partial charge in [0.15, 0.2) is 0 Å². The summed E-state index contributed by atoms with van der Waals surface area (Å²) in [5.74, 6) is 2.12. The molecule has 0 aliphatic heterocycles. The smallest absolute Gasteiger partial charge is 0.339 e. The van der Waals surface area contributed by atoms with Crippen LogP contribution in [0.4, 0.5) is 0 Å². The molecule has 1 aromatic heterocycles. The summed E-state index contributed by atoms with van der Waals surface area (Å²) in [5.41, 5.74) is 0.521. The zero-order valence-corrected chi connectivity index (χ0v) is 6.78. The Balaban J connectivity index is 2.78. The van der Waals surface area contributed by atoms with Crippen molar-refractivity contribution in [2.75, 3.05) is 7.11 Å². The molecule has 0 saturated heterocycles. The Labute approximate surface area is 70.9 Å². The molecule has 0 fully saturated rings. The molecular weight excluding hydrogens is 154 g/mol. The molecule has 0 aliphatic rings. The quantitative estimate of drug-likeness (QED) is 0.479. The van der Waals surface area contributed by atoms with Crippen LogP contribution in [-0.4, -0.2) is 17.6 Å². The van der Waals surface area contributed by atoms with Crippen molar-refractivity contribution in [3.05, 3.63) is 24.0 Å². The molecule has 0 amide bonds. The molecule has 3 nitrogen and oxygen atoms in total. The highest BCUT2D eigenvalue weighted by Gasteiger charge is 2.05. The molecular formula is C9H9NO2. The van der Waals surface area contributed by atoms with Gasteiger partial charge >= 0.3 is 5.97 Å². The van der Waals surface area contributed by atoms with Crippen LogP contribution in [-0.2, 0) is 11.3 Å². The normalized spacial score (nSPS) is 9.00. The fourth-order valence-corrected chi connectivity index (χ4v) is 0.883. The van der Waals surface area contributed by atoms with Gasteiger partial charge in [0, 0.05) is 12.4 Å². The summed E-state index contributed by atoms with van der Waals surface area (Å²) in [6.45, 7) is 0.469. The van der Waals surface area contributed by atoms with Crippen molar-refractivity contribution in [2.45, 2.75) is 6.54 Å². The van der Waals surface area contributed by atoms with Crippen LogP contribution in [0, 0.1) is 12.3 Å². The molecule has 0 unspecified atom stereocenters. The van der Waals surface area contributed by atoms with Crippen LogP contribution in [0.15, 0.2) is 18.5 Å². The summed E-state index contributed by atoms with van der Waals surface area (Å²) in [6, 6.07) is 1.67. The van der Waals surface area contributed by atoms with E-state index in [1.807, 2.05) is 0 Å². The van der Waals surface area contributed by atoms with Gasteiger partial charge < -0.3 is 9.30 Å². The summed E-state index contributed by atoms with van der Waals surface area (Å²) in [6.07, 6.45) is 8.49. The highest BCUT2D eigenvalue weighted by molar-refractivity contribution is 5.89. The molecule has 0 aliphatic carbocycles. The molecule has 12 heavy (non-hydrogen) atoms. The van der Waals surface area contributed by atoms with Crippen LogP contribution < -0.4 is 0 Å². The summed E-state index contributed by atoms with van der Waals surface area (Å²) in [7, 11) is 1.35. The lowest BCUT2D eigenvalue weighted by molar-refractivity contribution is 0.0600. The third-order valence-corrected chi connectivity index (χ3v) is 1.45. The molecule has 0 aromatic carbocycles. The van der Waals surface area contributed by atoms with Crippen molar-refractivity contribution in [1.29, 1.82) is 0 Å².